The van der Waals surface area contributed by atoms with Crippen molar-refractivity contribution in [3.63, 3.8) is 0 Å². The van der Waals surface area contributed by atoms with Crippen LogP contribution in [0.4, 0.5) is 0 Å². The van der Waals surface area contributed by atoms with E-state index in [0.29, 0.717) is 39.8 Å². The van der Waals surface area contributed by atoms with Crippen LogP contribution in [-0.2, 0) is 20.9 Å². The summed E-state index contributed by atoms with van der Waals surface area (Å²) in [6.07, 6.45) is 1.48. The van der Waals surface area contributed by atoms with Crippen LogP contribution in [0.5, 0.6) is 5.75 Å². The zero-order chi connectivity index (χ0) is 24.5. The highest BCUT2D eigenvalue weighted by Crippen LogP contribution is 2.41. The summed E-state index contributed by atoms with van der Waals surface area (Å²) in [5, 5.41) is 13.5. The van der Waals surface area contributed by atoms with Crippen LogP contribution < -0.4 is 15.8 Å². The van der Waals surface area contributed by atoms with Gasteiger partial charge in [-0.25, -0.2) is 4.79 Å². The molecule has 0 bridgehead atoms. The lowest BCUT2D eigenvalue weighted by Crippen LogP contribution is -2.29. The van der Waals surface area contributed by atoms with Gasteiger partial charge in [0.15, 0.2) is 0 Å². The fraction of sp³-hybridized carbons (Fsp3) is 0.192. The summed E-state index contributed by atoms with van der Waals surface area (Å²) in [7, 11) is 0. The van der Waals surface area contributed by atoms with Crippen molar-refractivity contribution in [1.82, 2.24) is 5.32 Å². The maximum atomic E-state index is 12.9. The number of ether oxygens (including phenoxy) is 2. The molecule has 0 aromatic heterocycles. The fourth-order valence-corrected chi connectivity index (χ4v) is 4.31. The first-order valence-corrected chi connectivity index (χ1v) is 11.5. The molecule has 1 aliphatic rings. The molecular formula is C26H25N3O4S. The van der Waals surface area contributed by atoms with Crippen LogP contribution in [0.25, 0.3) is 0 Å². The predicted molar refractivity (Wildman–Crippen MR) is 131 cm³/mol. The molecule has 0 radical (unpaired) electrons. The average Bonchev–Trinajstić information content (AvgIpc) is 2.85. The predicted octanol–water partition coefficient (Wildman–Crippen LogP) is 3.91. The van der Waals surface area contributed by atoms with E-state index in [-0.39, 0.29) is 12.4 Å². The number of thioether (sulfide) groups is 1. The number of nitriles is 1. The van der Waals surface area contributed by atoms with Crippen LogP contribution in [-0.4, -0.2) is 24.2 Å². The van der Waals surface area contributed by atoms with Crippen LogP contribution >= 0.6 is 11.8 Å². The van der Waals surface area contributed by atoms with Gasteiger partial charge in [0, 0.05) is 5.70 Å². The second-order valence-electron chi connectivity index (χ2n) is 7.44. The average molecular weight is 476 g/mol. The Hall–Kier alpha value is -3.96. The van der Waals surface area contributed by atoms with Crippen molar-refractivity contribution >= 4 is 23.6 Å². The van der Waals surface area contributed by atoms with Gasteiger partial charge in [-0.15, -0.1) is 0 Å². The summed E-state index contributed by atoms with van der Waals surface area (Å²) in [6, 6.07) is 19.2. The minimum atomic E-state index is -0.679. The van der Waals surface area contributed by atoms with Gasteiger partial charge in [-0.1, -0.05) is 66.9 Å². The summed E-state index contributed by atoms with van der Waals surface area (Å²) in [5.41, 5.74) is 8.21. The minimum Gasteiger partial charge on any atom is -0.489 e. The van der Waals surface area contributed by atoms with E-state index in [1.54, 1.807) is 19.1 Å². The molecule has 0 fully saturated rings. The summed E-state index contributed by atoms with van der Waals surface area (Å²) in [4.78, 5) is 24.2. The molecule has 1 amide bonds. The number of hydrogen-bond donors (Lipinski definition) is 2. The second kappa shape index (κ2) is 11.8. The molecule has 0 saturated heterocycles. The standard InChI is InChI=1S/C26H25N3O4S/c1-3-13-32-26(31)23-17(2)29-25(34-16-22(28)30)21(14-27)24(23)19-9-11-20(12-10-19)33-15-18-7-5-4-6-8-18/h3-12,24,29H,1,13,15-16H2,2H3,(H2,28,30)/t24-/m1/s1. The molecule has 34 heavy (non-hydrogen) atoms. The number of allylic oxidation sites excluding steroid dienone is 2. The molecule has 0 saturated carbocycles. The normalized spacial score (nSPS) is 15.2. The smallest absolute Gasteiger partial charge is 0.337 e. The van der Waals surface area contributed by atoms with Crippen molar-refractivity contribution < 1.29 is 19.1 Å². The number of carbonyl (C=O) groups excluding carboxylic acids is 2. The van der Waals surface area contributed by atoms with Gasteiger partial charge in [-0.3, -0.25) is 4.79 Å². The number of hydrogen-bond acceptors (Lipinski definition) is 7. The zero-order valence-corrected chi connectivity index (χ0v) is 19.6. The Bertz CT molecular complexity index is 1160. The molecule has 0 unspecified atom stereocenters. The molecule has 0 aliphatic carbocycles. The number of nitrogens with zero attached hydrogens (tertiary/aromatic N) is 1. The van der Waals surface area contributed by atoms with E-state index < -0.39 is 17.8 Å². The van der Waals surface area contributed by atoms with Gasteiger partial charge >= 0.3 is 5.97 Å². The van der Waals surface area contributed by atoms with Gasteiger partial charge in [0.2, 0.25) is 5.91 Å². The maximum Gasteiger partial charge on any atom is 0.337 e. The van der Waals surface area contributed by atoms with Crippen LogP contribution in [0.2, 0.25) is 0 Å². The number of benzene rings is 2. The van der Waals surface area contributed by atoms with E-state index >= 15 is 0 Å². The highest BCUT2D eigenvalue weighted by molar-refractivity contribution is 8.03. The highest BCUT2D eigenvalue weighted by Gasteiger charge is 2.35. The van der Waals surface area contributed by atoms with Crippen LogP contribution in [0, 0.1) is 11.3 Å². The molecule has 8 heteroatoms. The van der Waals surface area contributed by atoms with Gasteiger partial charge in [0.1, 0.15) is 19.0 Å². The molecule has 0 spiro atoms. The highest BCUT2D eigenvalue weighted by atomic mass is 32.2. The number of dihydropyridines is 1. The van der Waals surface area contributed by atoms with Gasteiger partial charge in [-0.2, -0.15) is 5.26 Å². The molecule has 3 N–H and O–H groups in total. The monoisotopic (exact) mass is 475 g/mol. The molecule has 1 aliphatic heterocycles. The molecule has 3 rings (SSSR count). The summed E-state index contributed by atoms with van der Waals surface area (Å²) in [5.74, 6) is -1.08. The van der Waals surface area contributed by atoms with Crippen molar-refractivity contribution in [3.8, 4) is 11.8 Å². The summed E-state index contributed by atoms with van der Waals surface area (Å²) < 4.78 is 11.2. The number of amides is 1. The van der Waals surface area contributed by atoms with E-state index in [1.807, 2.05) is 42.5 Å². The third-order valence-corrected chi connectivity index (χ3v) is 6.06. The fourth-order valence-electron chi connectivity index (χ4n) is 3.48. The number of nitrogens with two attached hydrogens (primary N) is 1. The second-order valence-corrected chi connectivity index (χ2v) is 8.42. The van der Waals surface area contributed by atoms with Crippen molar-refractivity contribution in [1.29, 1.82) is 5.26 Å². The molecule has 2 aromatic carbocycles. The Balaban J connectivity index is 1.93. The Morgan fingerprint density at radius 1 is 1.21 bits per heavy atom. The van der Waals surface area contributed by atoms with Gasteiger partial charge < -0.3 is 20.5 Å². The lowest BCUT2D eigenvalue weighted by atomic mass is 9.82. The third-order valence-electron chi connectivity index (χ3n) is 5.02. The summed E-state index contributed by atoms with van der Waals surface area (Å²) in [6.45, 7) is 5.77. The number of esters is 1. The Morgan fingerprint density at radius 2 is 1.91 bits per heavy atom. The number of carbonyl (C=O) groups is 2. The summed E-state index contributed by atoms with van der Waals surface area (Å²) >= 11 is 1.13. The van der Waals surface area contributed by atoms with Crippen LogP contribution in [0.1, 0.15) is 24.0 Å². The quantitative estimate of drug-likeness (QED) is 0.395. The minimum absolute atomic E-state index is 0.00395. The Labute approximate surface area is 202 Å². The van der Waals surface area contributed by atoms with Crippen LogP contribution in [0.15, 0.2) is 89.1 Å². The van der Waals surface area contributed by atoms with E-state index in [2.05, 4.69) is 18.0 Å². The lowest BCUT2D eigenvalue weighted by molar-refractivity contribution is -0.138. The number of rotatable bonds is 10. The number of nitrogens with one attached hydrogen (secondary N) is 1. The van der Waals surface area contributed by atoms with Crippen molar-refractivity contribution in [3.05, 3.63) is 100 Å². The molecule has 7 nitrogen and oxygen atoms in total. The van der Waals surface area contributed by atoms with Crippen molar-refractivity contribution in [2.75, 3.05) is 12.4 Å². The van der Waals surface area contributed by atoms with E-state index in [0.717, 1.165) is 17.3 Å². The Kier molecular flexibility index (Phi) is 8.54. The zero-order valence-electron chi connectivity index (χ0n) is 18.7. The molecular weight excluding hydrogens is 450 g/mol. The van der Waals surface area contributed by atoms with E-state index in [4.69, 9.17) is 15.2 Å². The molecule has 1 heterocycles. The first kappa shape index (κ1) is 24.7. The molecule has 174 valence electrons. The topological polar surface area (TPSA) is 114 Å². The van der Waals surface area contributed by atoms with Crippen molar-refractivity contribution in [2.45, 2.75) is 19.4 Å². The lowest BCUT2D eigenvalue weighted by Gasteiger charge is -2.29. The number of primary amides is 1. The SMILES string of the molecule is C=CCOC(=O)C1=C(C)NC(SCC(N)=O)=C(C#N)[C@H]1c1ccc(OCc2ccccc2)cc1. The van der Waals surface area contributed by atoms with Gasteiger partial charge in [-0.05, 0) is 30.2 Å². The van der Waals surface area contributed by atoms with E-state index in [9.17, 15) is 14.9 Å². The van der Waals surface area contributed by atoms with E-state index in [1.165, 1.54) is 6.08 Å². The first-order valence-electron chi connectivity index (χ1n) is 10.5. The molecule has 2 aromatic rings. The van der Waals surface area contributed by atoms with Gasteiger partial charge in [0.25, 0.3) is 0 Å². The maximum absolute atomic E-state index is 12.9. The van der Waals surface area contributed by atoms with Crippen LogP contribution in [0.3, 0.4) is 0 Å². The molecule has 1 atom stereocenters. The Morgan fingerprint density at radius 3 is 2.53 bits per heavy atom. The van der Waals surface area contributed by atoms with Crippen molar-refractivity contribution in [2.24, 2.45) is 5.73 Å². The third kappa shape index (κ3) is 6.09. The van der Waals surface area contributed by atoms with Gasteiger partial charge in [0.05, 0.1) is 33.9 Å². The largest absolute Gasteiger partial charge is 0.489 e. The first-order chi connectivity index (χ1) is 16.4.